The summed E-state index contributed by atoms with van der Waals surface area (Å²) >= 11 is 5.86. The van der Waals surface area contributed by atoms with Crippen LogP contribution in [0.1, 0.15) is 5.56 Å². The summed E-state index contributed by atoms with van der Waals surface area (Å²) in [5, 5.41) is 13.7. The third-order valence-corrected chi connectivity index (χ3v) is 3.21. The second-order valence-electron chi connectivity index (χ2n) is 4.20. The van der Waals surface area contributed by atoms with Crippen LogP contribution in [-0.4, -0.2) is 11.6 Å². The number of pyridine rings is 1. The van der Waals surface area contributed by atoms with Gasteiger partial charge in [0.05, 0.1) is 5.36 Å². The molecule has 1 aromatic heterocycles. The van der Waals surface area contributed by atoms with Crippen molar-refractivity contribution >= 4 is 28.9 Å². The number of nitrogen functional groups attached to an aromatic ring is 1. The van der Waals surface area contributed by atoms with E-state index < -0.39 is 0 Å². The summed E-state index contributed by atoms with van der Waals surface area (Å²) in [4.78, 5) is 4.08. The van der Waals surface area contributed by atoms with Gasteiger partial charge in [-0.25, -0.2) is 0 Å². The number of hydrogen-bond donors (Lipinski definition) is 2. The smallest absolute Gasteiger partial charge is 0.132 e. The maximum absolute atomic E-state index is 9.34. The Morgan fingerprint density at radius 1 is 1.35 bits per heavy atom. The molecule has 0 fully saturated rings. The van der Waals surface area contributed by atoms with Gasteiger partial charge in [-0.3, -0.25) is 4.99 Å². The molecule has 3 N–H and O–H groups in total. The summed E-state index contributed by atoms with van der Waals surface area (Å²) in [5.74, 6) is 1.11. The highest BCUT2D eigenvalue weighted by molar-refractivity contribution is 6.30. The summed E-state index contributed by atoms with van der Waals surface area (Å²) < 4.78 is 1.71. The minimum Gasteiger partial charge on any atom is -0.385 e. The first kappa shape index (κ1) is 14.0. The standard InChI is InChI=1S/C14H14ClN5/c1-18-12-7-13(17)20(2)14(11(12)8-16)19-10-5-3-9(15)4-6-10/h3-7,19H,17H2,1-2H3. The first-order valence-electron chi connectivity index (χ1n) is 5.92. The summed E-state index contributed by atoms with van der Waals surface area (Å²) in [6.07, 6.45) is 0. The van der Waals surface area contributed by atoms with Gasteiger partial charge in [-0.2, -0.15) is 5.26 Å². The lowest BCUT2D eigenvalue weighted by atomic mass is 10.2. The lowest BCUT2D eigenvalue weighted by molar-refractivity contribution is 0.916. The van der Waals surface area contributed by atoms with Crippen molar-refractivity contribution < 1.29 is 0 Å². The Bertz CT molecular complexity index is 738. The predicted molar refractivity (Wildman–Crippen MR) is 80.8 cm³/mol. The van der Waals surface area contributed by atoms with E-state index in [1.165, 1.54) is 0 Å². The maximum atomic E-state index is 9.34. The Balaban J connectivity index is 2.59. The molecule has 0 spiro atoms. The van der Waals surface area contributed by atoms with Gasteiger partial charge >= 0.3 is 0 Å². The molecule has 2 aromatic rings. The number of nitriles is 1. The maximum Gasteiger partial charge on any atom is 0.132 e. The number of rotatable bonds is 2. The van der Waals surface area contributed by atoms with Crippen molar-refractivity contribution in [3.8, 4) is 6.07 Å². The predicted octanol–water partition coefficient (Wildman–Crippen LogP) is 2.41. The molecule has 20 heavy (non-hydrogen) atoms. The highest BCUT2D eigenvalue weighted by Gasteiger charge is 2.10. The average molecular weight is 288 g/mol. The van der Waals surface area contributed by atoms with Crippen molar-refractivity contribution in [2.75, 3.05) is 18.1 Å². The van der Waals surface area contributed by atoms with Crippen molar-refractivity contribution in [1.29, 1.82) is 5.26 Å². The van der Waals surface area contributed by atoms with Crippen LogP contribution in [0, 0.1) is 11.3 Å². The number of hydrogen-bond acceptors (Lipinski definition) is 4. The topological polar surface area (TPSA) is 79.1 Å². The van der Waals surface area contributed by atoms with Crippen LogP contribution in [0.15, 0.2) is 35.3 Å². The molecule has 0 saturated heterocycles. The van der Waals surface area contributed by atoms with Crippen LogP contribution >= 0.6 is 11.6 Å². The van der Waals surface area contributed by atoms with Gasteiger partial charge in [0.1, 0.15) is 23.3 Å². The molecule has 5 nitrogen and oxygen atoms in total. The van der Waals surface area contributed by atoms with E-state index in [4.69, 9.17) is 17.3 Å². The quantitative estimate of drug-likeness (QED) is 0.890. The van der Waals surface area contributed by atoms with Crippen LogP contribution in [-0.2, 0) is 7.05 Å². The summed E-state index contributed by atoms with van der Waals surface area (Å²) in [7, 11) is 3.41. The fourth-order valence-corrected chi connectivity index (χ4v) is 1.96. The van der Waals surface area contributed by atoms with Crippen molar-refractivity contribution in [2.45, 2.75) is 0 Å². The molecule has 0 aliphatic heterocycles. The van der Waals surface area contributed by atoms with Crippen LogP contribution in [0.5, 0.6) is 0 Å². The number of nitrogens with zero attached hydrogens (tertiary/aromatic N) is 3. The molecular weight excluding hydrogens is 274 g/mol. The van der Waals surface area contributed by atoms with Crippen LogP contribution in [0.4, 0.5) is 17.3 Å². The molecule has 2 rings (SSSR count). The second-order valence-corrected chi connectivity index (χ2v) is 4.64. The number of halogens is 1. The van der Waals surface area contributed by atoms with E-state index in [1.807, 2.05) is 12.1 Å². The van der Waals surface area contributed by atoms with E-state index >= 15 is 0 Å². The van der Waals surface area contributed by atoms with Gasteiger partial charge in [-0.15, -0.1) is 0 Å². The molecule has 6 heteroatoms. The zero-order chi connectivity index (χ0) is 14.7. The Hall–Kier alpha value is -2.45. The molecule has 1 aromatic carbocycles. The number of nitrogens with one attached hydrogen (secondary N) is 1. The highest BCUT2D eigenvalue weighted by atomic mass is 35.5. The lowest BCUT2D eigenvalue weighted by Crippen LogP contribution is -2.18. The molecule has 0 unspecified atom stereocenters. The molecule has 0 bridgehead atoms. The van der Waals surface area contributed by atoms with Crippen LogP contribution < -0.4 is 16.4 Å². The molecule has 102 valence electrons. The Morgan fingerprint density at radius 3 is 2.55 bits per heavy atom. The zero-order valence-electron chi connectivity index (χ0n) is 11.2. The molecular formula is C14H14ClN5. The minimum absolute atomic E-state index is 0.444. The van der Waals surface area contributed by atoms with Gasteiger partial charge in [0.15, 0.2) is 0 Å². The fraction of sp³-hybridized carbons (Fsp3) is 0.143. The summed E-state index contributed by atoms with van der Waals surface area (Å²) in [6, 6.07) is 11.0. The highest BCUT2D eigenvalue weighted by Crippen LogP contribution is 2.21. The number of aromatic nitrogens is 1. The Kier molecular flexibility index (Phi) is 3.97. The summed E-state index contributed by atoms with van der Waals surface area (Å²) in [5.41, 5.74) is 7.19. The van der Waals surface area contributed by atoms with Crippen LogP contribution in [0.3, 0.4) is 0 Å². The first-order valence-corrected chi connectivity index (χ1v) is 6.29. The van der Waals surface area contributed by atoms with Crippen LogP contribution in [0.2, 0.25) is 5.02 Å². The van der Waals surface area contributed by atoms with E-state index in [-0.39, 0.29) is 0 Å². The van der Waals surface area contributed by atoms with Crippen LogP contribution in [0.25, 0.3) is 0 Å². The molecule has 0 aliphatic carbocycles. The lowest BCUT2D eigenvalue weighted by Gasteiger charge is -2.16. The monoisotopic (exact) mass is 287 g/mol. The van der Waals surface area contributed by atoms with E-state index in [9.17, 15) is 5.26 Å². The Morgan fingerprint density at radius 2 is 2.00 bits per heavy atom. The van der Waals surface area contributed by atoms with Crippen molar-refractivity contribution in [2.24, 2.45) is 12.0 Å². The van der Waals surface area contributed by atoms with Crippen molar-refractivity contribution in [1.82, 2.24) is 4.57 Å². The fourth-order valence-electron chi connectivity index (χ4n) is 1.83. The van der Waals surface area contributed by atoms with Crippen molar-refractivity contribution in [3.63, 3.8) is 0 Å². The number of benzene rings is 1. The molecule has 0 atom stereocenters. The number of nitrogens with two attached hydrogens (primary N) is 1. The van der Waals surface area contributed by atoms with Crippen molar-refractivity contribution in [3.05, 3.63) is 46.3 Å². The normalized spacial score (nSPS) is 11.2. The Labute approximate surface area is 121 Å². The summed E-state index contributed by atoms with van der Waals surface area (Å²) in [6.45, 7) is 0. The van der Waals surface area contributed by atoms with E-state index in [2.05, 4.69) is 16.4 Å². The zero-order valence-corrected chi connectivity index (χ0v) is 11.9. The first-order chi connectivity index (χ1) is 9.56. The van der Waals surface area contributed by atoms with Gasteiger partial charge < -0.3 is 15.6 Å². The van der Waals surface area contributed by atoms with Gasteiger partial charge in [0.2, 0.25) is 0 Å². The van der Waals surface area contributed by atoms with Gasteiger partial charge in [0, 0.05) is 30.9 Å². The third-order valence-electron chi connectivity index (χ3n) is 2.96. The number of anilines is 3. The average Bonchev–Trinajstić information content (AvgIpc) is 2.45. The molecule has 0 aliphatic rings. The minimum atomic E-state index is 0.444. The molecule has 1 heterocycles. The van der Waals surface area contributed by atoms with Gasteiger partial charge in [-0.05, 0) is 24.3 Å². The molecule has 0 saturated carbocycles. The largest absolute Gasteiger partial charge is 0.385 e. The second kappa shape index (κ2) is 5.68. The van der Waals surface area contributed by atoms with Gasteiger partial charge in [0.25, 0.3) is 0 Å². The van der Waals surface area contributed by atoms with E-state index in [0.717, 1.165) is 5.69 Å². The third kappa shape index (κ3) is 2.60. The van der Waals surface area contributed by atoms with Gasteiger partial charge in [-0.1, -0.05) is 11.6 Å². The van der Waals surface area contributed by atoms with E-state index in [1.54, 1.807) is 36.9 Å². The van der Waals surface area contributed by atoms with E-state index in [0.29, 0.717) is 27.6 Å². The molecule has 0 amide bonds. The SMILES string of the molecule is CN=c1cc(N)n(C)c(Nc2ccc(Cl)cc2)c1C#N. The molecule has 0 radical (unpaired) electrons.